The quantitative estimate of drug-likeness (QED) is 0.607. The van der Waals surface area contributed by atoms with Gasteiger partial charge >= 0.3 is 0 Å². The Morgan fingerprint density at radius 3 is 2.26 bits per heavy atom. The predicted octanol–water partition coefficient (Wildman–Crippen LogP) is 3.32. The number of anilines is 1. The van der Waals surface area contributed by atoms with Crippen molar-refractivity contribution in [2.45, 2.75) is 36.0 Å². The molecule has 1 aromatic heterocycles. The number of nitrogens with zero attached hydrogens (tertiary/aromatic N) is 2. The lowest BCUT2D eigenvalue weighted by atomic mass is 10.1. The van der Waals surface area contributed by atoms with Crippen molar-refractivity contribution in [1.29, 1.82) is 5.26 Å². The highest BCUT2D eigenvalue weighted by Crippen LogP contribution is 2.30. The summed E-state index contributed by atoms with van der Waals surface area (Å²) < 4.78 is 55.4. The number of nitriles is 1. The molecule has 0 unspecified atom stereocenters. The molecule has 0 radical (unpaired) electrons. The molecule has 1 saturated heterocycles. The Labute approximate surface area is 181 Å². The second-order valence-electron chi connectivity index (χ2n) is 7.54. The predicted molar refractivity (Wildman–Crippen MR) is 118 cm³/mol. The number of benzene rings is 2. The SMILES string of the molecule is Cc1ccc(NS(=O)(=O)c2ccc(S(=O)(=O)N3CCCCC3)cc2)c2[nH]cc(C#N)c12. The van der Waals surface area contributed by atoms with E-state index in [2.05, 4.69) is 15.8 Å². The Hall–Kier alpha value is -2.87. The number of hydrogen-bond acceptors (Lipinski definition) is 5. The summed E-state index contributed by atoms with van der Waals surface area (Å²) in [6.45, 7) is 2.80. The molecule has 1 aliphatic rings. The van der Waals surface area contributed by atoms with Gasteiger partial charge in [0.15, 0.2) is 0 Å². The Kier molecular flexibility index (Phi) is 5.51. The van der Waals surface area contributed by atoms with E-state index in [-0.39, 0.29) is 9.79 Å². The van der Waals surface area contributed by atoms with Gasteiger partial charge in [0, 0.05) is 24.7 Å². The molecule has 0 spiro atoms. The normalized spacial score (nSPS) is 15.6. The fourth-order valence-corrected chi connectivity index (χ4v) is 6.43. The molecule has 1 aliphatic heterocycles. The molecule has 0 amide bonds. The Morgan fingerprint density at radius 1 is 0.968 bits per heavy atom. The zero-order chi connectivity index (χ0) is 22.2. The first-order valence-electron chi connectivity index (χ1n) is 9.88. The van der Waals surface area contributed by atoms with E-state index in [0.717, 1.165) is 24.8 Å². The topological polar surface area (TPSA) is 123 Å². The molecule has 0 aliphatic carbocycles. The highest BCUT2D eigenvalue weighted by atomic mass is 32.2. The van der Waals surface area contributed by atoms with E-state index in [0.29, 0.717) is 35.2 Å². The zero-order valence-corrected chi connectivity index (χ0v) is 18.6. The lowest BCUT2D eigenvalue weighted by molar-refractivity contribution is 0.346. The van der Waals surface area contributed by atoms with Crippen LogP contribution in [0.1, 0.15) is 30.4 Å². The Morgan fingerprint density at radius 2 is 1.61 bits per heavy atom. The van der Waals surface area contributed by atoms with Crippen LogP contribution in [-0.2, 0) is 20.0 Å². The number of rotatable bonds is 5. The van der Waals surface area contributed by atoms with Gasteiger partial charge in [-0.15, -0.1) is 0 Å². The van der Waals surface area contributed by atoms with Gasteiger partial charge in [0.1, 0.15) is 6.07 Å². The summed E-state index contributed by atoms with van der Waals surface area (Å²) in [5.74, 6) is 0. The van der Waals surface area contributed by atoms with Crippen molar-refractivity contribution in [3.05, 3.63) is 53.7 Å². The smallest absolute Gasteiger partial charge is 0.261 e. The Balaban J connectivity index is 1.63. The maximum absolute atomic E-state index is 12.9. The van der Waals surface area contributed by atoms with E-state index < -0.39 is 20.0 Å². The molecule has 31 heavy (non-hydrogen) atoms. The van der Waals surface area contributed by atoms with Crippen LogP contribution in [0.5, 0.6) is 0 Å². The van der Waals surface area contributed by atoms with Gasteiger partial charge in [0.2, 0.25) is 10.0 Å². The first kappa shape index (κ1) is 21.4. The average Bonchev–Trinajstić information content (AvgIpc) is 3.22. The zero-order valence-electron chi connectivity index (χ0n) is 16.9. The lowest BCUT2D eigenvalue weighted by Crippen LogP contribution is -2.35. The van der Waals surface area contributed by atoms with E-state index in [9.17, 15) is 22.1 Å². The van der Waals surface area contributed by atoms with E-state index >= 15 is 0 Å². The third-order valence-electron chi connectivity index (χ3n) is 5.50. The highest BCUT2D eigenvalue weighted by Gasteiger charge is 2.26. The van der Waals surface area contributed by atoms with Gasteiger partial charge in [-0.1, -0.05) is 12.5 Å². The molecule has 0 atom stereocenters. The summed E-state index contributed by atoms with van der Waals surface area (Å²) in [4.78, 5) is 2.98. The number of aromatic amines is 1. The first-order valence-corrected chi connectivity index (χ1v) is 12.8. The largest absolute Gasteiger partial charge is 0.358 e. The minimum Gasteiger partial charge on any atom is -0.358 e. The molecule has 162 valence electrons. The first-order chi connectivity index (χ1) is 14.7. The molecule has 3 aromatic rings. The molecule has 0 bridgehead atoms. The van der Waals surface area contributed by atoms with E-state index in [4.69, 9.17) is 0 Å². The monoisotopic (exact) mass is 458 g/mol. The minimum absolute atomic E-state index is 0.0501. The third-order valence-corrected chi connectivity index (χ3v) is 8.79. The van der Waals surface area contributed by atoms with Crippen LogP contribution in [0.4, 0.5) is 5.69 Å². The third kappa shape index (κ3) is 3.92. The molecule has 10 heteroatoms. The molecular formula is C21H22N4O4S2. The van der Waals surface area contributed by atoms with Crippen LogP contribution in [0.3, 0.4) is 0 Å². The number of aromatic nitrogens is 1. The van der Waals surface area contributed by atoms with Gasteiger partial charge in [0.05, 0.1) is 26.6 Å². The summed E-state index contributed by atoms with van der Waals surface area (Å²) in [5, 5.41) is 9.93. The number of hydrogen-bond donors (Lipinski definition) is 2. The van der Waals surface area contributed by atoms with Gasteiger partial charge in [0.25, 0.3) is 10.0 Å². The van der Waals surface area contributed by atoms with Crippen molar-refractivity contribution in [2.75, 3.05) is 17.8 Å². The van der Waals surface area contributed by atoms with Crippen LogP contribution in [0.2, 0.25) is 0 Å². The maximum Gasteiger partial charge on any atom is 0.261 e. The number of fused-ring (bicyclic) bond motifs is 1. The summed E-state index contributed by atoms with van der Waals surface area (Å²) in [6, 6.07) is 10.7. The fraction of sp³-hybridized carbons (Fsp3) is 0.286. The van der Waals surface area contributed by atoms with E-state index in [1.807, 2.05) is 6.92 Å². The summed E-state index contributed by atoms with van der Waals surface area (Å²) in [6.07, 6.45) is 4.20. The van der Waals surface area contributed by atoms with Gasteiger partial charge in [-0.05, 0) is 55.7 Å². The van der Waals surface area contributed by atoms with Crippen molar-refractivity contribution in [3.63, 3.8) is 0 Å². The molecule has 2 N–H and O–H groups in total. The fourth-order valence-electron chi connectivity index (χ4n) is 3.84. The number of H-pyrrole nitrogens is 1. The maximum atomic E-state index is 12.9. The standard InChI is InChI=1S/C21H22N4O4S2/c1-15-5-10-19(21-20(15)16(13-22)14-23-21)24-30(26,27)17-6-8-18(9-7-17)31(28,29)25-11-3-2-4-12-25/h5-10,14,23-24H,2-4,11-12H2,1H3. The highest BCUT2D eigenvalue weighted by molar-refractivity contribution is 7.92. The van der Waals surface area contributed by atoms with Crippen molar-refractivity contribution >= 4 is 36.6 Å². The van der Waals surface area contributed by atoms with Gasteiger partial charge in [-0.25, -0.2) is 16.8 Å². The molecule has 2 heterocycles. The average molecular weight is 459 g/mol. The number of sulfonamides is 2. The van der Waals surface area contributed by atoms with Crippen molar-refractivity contribution < 1.29 is 16.8 Å². The molecule has 4 rings (SSSR count). The van der Waals surface area contributed by atoms with Crippen LogP contribution in [0.25, 0.3) is 10.9 Å². The van der Waals surface area contributed by atoms with Gasteiger partial charge in [-0.2, -0.15) is 9.57 Å². The summed E-state index contributed by atoms with van der Waals surface area (Å²) in [5.41, 5.74) is 2.11. The number of piperidine rings is 1. The van der Waals surface area contributed by atoms with Crippen molar-refractivity contribution in [2.24, 2.45) is 0 Å². The molecular weight excluding hydrogens is 436 g/mol. The van der Waals surface area contributed by atoms with Crippen LogP contribution in [0, 0.1) is 18.3 Å². The number of nitrogens with one attached hydrogen (secondary N) is 2. The van der Waals surface area contributed by atoms with E-state index in [1.165, 1.54) is 34.8 Å². The number of aryl methyl sites for hydroxylation is 1. The summed E-state index contributed by atoms with van der Waals surface area (Å²) >= 11 is 0. The van der Waals surface area contributed by atoms with Gasteiger partial charge < -0.3 is 4.98 Å². The van der Waals surface area contributed by atoms with Crippen LogP contribution in [0.15, 0.2) is 52.4 Å². The van der Waals surface area contributed by atoms with Crippen molar-refractivity contribution in [3.8, 4) is 6.07 Å². The second-order valence-corrected chi connectivity index (χ2v) is 11.2. The van der Waals surface area contributed by atoms with Gasteiger partial charge in [-0.3, -0.25) is 4.72 Å². The molecule has 0 saturated carbocycles. The lowest BCUT2D eigenvalue weighted by Gasteiger charge is -2.25. The molecule has 2 aromatic carbocycles. The minimum atomic E-state index is -3.96. The Bertz CT molecular complexity index is 1380. The second kappa shape index (κ2) is 8.00. The van der Waals surface area contributed by atoms with Crippen LogP contribution < -0.4 is 4.72 Å². The van der Waals surface area contributed by atoms with E-state index in [1.54, 1.807) is 12.1 Å². The van der Waals surface area contributed by atoms with Crippen LogP contribution in [-0.4, -0.2) is 39.2 Å². The summed E-state index contributed by atoms with van der Waals surface area (Å²) in [7, 11) is -7.60. The molecule has 1 fully saturated rings. The van der Waals surface area contributed by atoms with Crippen molar-refractivity contribution in [1.82, 2.24) is 9.29 Å². The molecule has 8 nitrogen and oxygen atoms in total. The van der Waals surface area contributed by atoms with Crippen LogP contribution >= 0.6 is 0 Å².